The van der Waals surface area contributed by atoms with Crippen molar-refractivity contribution in [2.24, 2.45) is 5.41 Å². The van der Waals surface area contributed by atoms with Gasteiger partial charge in [-0.2, -0.15) is 0 Å². The van der Waals surface area contributed by atoms with Gasteiger partial charge in [-0.1, -0.05) is 58.0 Å². The molecule has 0 spiro atoms. The molecular formula is C26H25NO. The topological polar surface area (TPSA) is 22.1 Å². The van der Waals surface area contributed by atoms with E-state index >= 15 is 0 Å². The Balaban J connectivity index is 1.82. The maximum absolute atomic E-state index is 6.59. The minimum Gasteiger partial charge on any atom is -0.456 e. The summed E-state index contributed by atoms with van der Waals surface area (Å²) in [6, 6.07) is 17.4. The van der Waals surface area contributed by atoms with E-state index < -0.39 is 0 Å². The summed E-state index contributed by atoms with van der Waals surface area (Å²) in [6.07, 6.45) is 3.87. The predicted octanol–water partition coefficient (Wildman–Crippen LogP) is 7.31. The van der Waals surface area contributed by atoms with Crippen LogP contribution in [-0.4, -0.2) is 4.98 Å². The average molecular weight is 367 g/mol. The Morgan fingerprint density at radius 2 is 1.79 bits per heavy atom. The fourth-order valence-corrected chi connectivity index (χ4v) is 4.49. The predicted molar refractivity (Wildman–Crippen MR) is 117 cm³/mol. The maximum Gasteiger partial charge on any atom is 0.140 e. The third kappa shape index (κ3) is 2.67. The van der Waals surface area contributed by atoms with Gasteiger partial charge in [-0.3, -0.25) is 4.98 Å². The van der Waals surface area contributed by atoms with Gasteiger partial charge in [0.2, 0.25) is 0 Å². The normalized spacial score (nSPS) is 12.9. The third-order valence-electron chi connectivity index (χ3n) is 5.55. The van der Waals surface area contributed by atoms with Crippen LogP contribution in [-0.2, 0) is 12.8 Å². The van der Waals surface area contributed by atoms with Crippen molar-refractivity contribution >= 4 is 21.5 Å². The summed E-state index contributed by atoms with van der Waals surface area (Å²) in [5.74, 6) is 1.92. The monoisotopic (exact) mass is 367 g/mol. The lowest BCUT2D eigenvalue weighted by atomic mass is 9.86. The van der Waals surface area contributed by atoms with Crippen LogP contribution >= 0.6 is 0 Å². The van der Waals surface area contributed by atoms with Crippen molar-refractivity contribution in [3.05, 3.63) is 65.9 Å². The zero-order valence-corrected chi connectivity index (χ0v) is 17.0. The number of benzene rings is 3. The second kappa shape index (κ2) is 6.07. The highest BCUT2D eigenvalue weighted by molar-refractivity contribution is 6.05. The zero-order valence-electron chi connectivity index (χ0n) is 17.0. The van der Waals surface area contributed by atoms with Crippen LogP contribution in [0.25, 0.3) is 32.8 Å². The summed E-state index contributed by atoms with van der Waals surface area (Å²) in [5.41, 5.74) is 4.95. The van der Waals surface area contributed by atoms with Crippen LogP contribution in [0.3, 0.4) is 0 Å². The molecule has 0 unspecified atom stereocenters. The molecule has 0 atom stereocenters. The number of nitrogens with zero attached hydrogens (tertiary/aromatic N) is 1. The first-order valence-electron chi connectivity index (χ1n) is 10.1. The number of aryl methyl sites for hydroxylation is 1. The Bertz CT molecular complexity index is 1230. The van der Waals surface area contributed by atoms with Crippen LogP contribution in [0.1, 0.15) is 38.8 Å². The molecule has 140 valence electrons. The molecule has 3 aromatic carbocycles. The molecule has 1 aliphatic heterocycles. The molecule has 1 aliphatic rings. The molecule has 0 saturated heterocycles. The summed E-state index contributed by atoms with van der Waals surface area (Å²) >= 11 is 0. The second-order valence-corrected chi connectivity index (χ2v) is 9.00. The molecular weight excluding hydrogens is 342 g/mol. The van der Waals surface area contributed by atoms with Crippen LogP contribution in [0.4, 0.5) is 0 Å². The highest BCUT2D eigenvalue weighted by Gasteiger charge is 2.26. The van der Waals surface area contributed by atoms with Gasteiger partial charge in [0.15, 0.2) is 0 Å². The Labute approximate surface area is 166 Å². The van der Waals surface area contributed by atoms with Crippen LogP contribution in [0.15, 0.2) is 54.7 Å². The highest BCUT2D eigenvalue weighted by atomic mass is 16.5. The van der Waals surface area contributed by atoms with E-state index in [-0.39, 0.29) is 5.41 Å². The van der Waals surface area contributed by atoms with E-state index in [0.29, 0.717) is 0 Å². The summed E-state index contributed by atoms with van der Waals surface area (Å²) < 4.78 is 6.59. The van der Waals surface area contributed by atoms with Gasteiger partial charge in [0.05, 0.1) is 11.1 Å². The van der Waals surface area contributed by atoms with Crippen molar-refractivity contribution in [3.8, 4) is 22.8 Å². The molecule has 2 heteroatoms. The van der Waals surface area contributed by atoms with Crippen molar-refractivity contribution in [3.63, 3.8) is 0 Å². The number of rotatable bonds is 2. The lowest BCUT2D eigenvalue weighted by molar-refractivity contribution is 0.410. The van der Waals surface area contributed by atoms with Gasteiger partial charge >= 0.3 is 0 Å². The van der Waals surface area contributed by atoms with Crippen molar-refractivity contribution < 1.29 is 4.74 Å². The molecule has 2 nitrogen and oxygen atoms in total. The molecule has 0 radical (unpaired) electrons. The van der Waals surface area contributed by atoms with Crippen LogP contribution < -0.4 is 4.74 Å². The van der Waals surface area contributed by atoms with Crippen LogP contribution in [0, 0.1) is 5.41 Å². The van der Waals surface area contributed by atoms with Gasteiger partial charge in [-0.25, -0.2) is 0 Å². The molecule has 0 amide bonds. The number of hydrogen-bond donors (Lipinski definition) is 0. The van der Waals surface area contributed by atoms with E-state index in [0.717, 1.165) is 41.0 Å². The van der Waals surface area contributed by atoms with Gasteiger partial charge in [-0.15, -0.1) is 0 Å². The average Bonchev–Trinajstić information content (AvgIpc) is 2.65. The Morgan fingerprint density at radius 1 is 0.964 bits per heavy atom. The van der Waals surface area contributed by atoms with E-state index in [9.17, 15) is 0 Å². The molecule has 28 heavy (non-hydrogen) atoms. The summed E-state index contributed by atoms with van der Waals surface area (Å²) in [6.45, 7) is 9.03. The second-order valence-electron chi connectivity index (χ2n) is 9.00. The zero-order chi connectivity index (χ0) is 19.5. The van der Waals surface area contributed by atoms with Crippen molar-refractivity contribution in [1.82, 2.24) is 4.98 Å². The largest absolute Gasteiger partial charge is 0.456 e. The first-order chi connectivity index (χ1) is 13.4. The maximum atomic E-state index is 6.59. The number of aromatic nitrogens is 1. The number of ether oxygens (including phenoxy) is 1. The molecule has 1 aromatic heterocycles. The Hall–Kier alpha value is -2.87. The molecule has 4 aromatic rings. The van der Waals surface area contributed by atoms with Gasteiger partial charge in [0.1, 0.15) is 11.5 Å². The standard InChI is InChI=1S/C26H25NO/c1-5-19-20-9-7-6-8-17(20)14-21-24-23-18(10-11-27-24)12-16(15-26(2,3)4)13-22(23)28-25(19)21/h6-14H,5,15H2,1-4H3. The Morgan fingerprint density at radius 3 is 2.57 bits per heavy atom. The van der Waals surface area contributed by atoms with Gasteiger partial charge in [0, 0.05) is 17.3 Å². The molecule has 0 N–H and O–H groups in total. The lowest BCUT2D eigenvalue weighted by Gasteiger charge is -2.25. The fraction of sp³-hybridized carbons (Fsp3) is 0.269. The quantitative estimate of drug-likeness (QED) is 0.326. The van der Waals surface area contributed by atoms with E-state index in [1.54, 1.807) is 0 Å². The smallest absolute Gasteiger partial charge is 0.140 e. The highest BCUT2D eigenvalue weighted by Crippen LogP contribution is 2.49. The molecule has 0 saturated carbocycles. The third-order valence-corrected chi connectivity index (χ3v) is 5.55. The van der Waals surface area contributed by atoms with E-state index in [2.05, 4.69) is 76.2 Å². The first-order valence-corrected chi connectivity index (χ1v) is 10.1. The SMILES string of the molecule is CCc1c2c(cc3ccccc13)-c1nccc3cc(CC(C)(C)C)cc(c13)O2. The van der Waals surface area contributed by atoms with E-state index in [4.69, 9.17) is 9.72 Å². The molecule has 2 heterocycles. The van der Waals surface area contributed by atoms with Gasteiger partial charge < -0.3 is 4.74 Å². The molecule has 0 aliphatic carbocycles. The summed E-state index contributed by atoms with van der Waals surface area (Å²) in [4.78, 5) is 4.79. The molecule has 0 bridgehead atoms. The lowest BCUT2D eigenvalue weighted by Crippen LogP contribution is -2.10. The van der Waals surface area contributed by atoms with Crippen molar-refractivity contribution in [2.45, 2.75) is 40.5 Å². The summed E-state index contributed by atoms with van der Waals surface area (Å²) in [7, 11) is 0. The fourth-order valence-electron chi connectivity index (χ4n) is 4.49. The van der Waals surface area contributed by atoms with Gasteiger partial charge in [0.25, 0.3) is 0 Å². The number of hydrogen-bond acceptors (Lipinski definition) is 2. The van der Waals surface area contributed by atoms with E-state index in [1.165, 1.54) is 27.3 Å². The van der Waals surface area contributed by atoms with Crippen LogP contribution in [0.5, 0.6) is 11.5 Å². The Kier molecular flexibility index (Phi) is 3.74. The molecule has 0 fully saturated rings. The van der Waals surface area contributed by atoms with Crippen LogP contribution in [0.2, 0.25) is 0 Å². The number of fused-ring (bicyclic) bond motifs is 3. The number of pyridine rings is 1. The van der Waals surface area contributed by atoms with Crippen molar-refractivity contribution in [1.29, 1.82) is 0 Å². The van der Waals surface area contributed by atoms with Gasteiger partial charge in [-0.05, 0) is 58.2 Å². The minimum atomic E-state index is 0.230. The summed E-state index contributed by atoms with van der Waals surface area (Å²) in [5, 5.41) is 4.85. The van der Waals surface area contributed by atoms with E-state index in [1.807, 2.05) is 6.20 Å². The minimum absolute atomic E-state index is 0.230. The first kappa shape index (κ1) is 17.2. The van der Waals surface area contributed by atoms with Crippen molar-refractivity contribution in [2.75, 3.05) is 0 Å². The molecule has 5 rings (SSSR count).